The van der Waals surface area contributed by atoms with Gasteiger partial charge in [-0.05, 0) is 25.5 Å². The van der Waals surface area contributed by atoms with Crippen molar-refractivity contribution >= 4 is 5.91 Å². The molecule has 2 N–H and O–H groups in total. The van der Waals surface area contributed by atoms with Crippen molar-refractivity contribution in [2.24, 2.45) is 0 Å². The van der Waals surface area contributed by atoms with Crippen molar-refractivity contribution in [3.8, 4) is 11.3 Å². The first-order valence-electron chi connectivity index (χ1n) is 6.62. The zero-order valence-corrected chi connectivity index (χ0v) is 11.2. The maximum atomic E-state index is 12.4. The Kier molecular flexibility index (Phi) is 3.47. The van der Waals surface area contributed by atoms with Gasteiger partial charge in [0.05, 0.1) is 29.6 Å². The molecule has 2 aromatic heterocycles. The van der Waals surface area contributed by atoms with Gasteiger partial charge in [-0.2, -0.15) is 5.10 Å². The molecular weight excluding hydrogens is 256 g/mol. The summed E-state index contributed by atoms with van der Waals surface area (Å²) in [6.07, 6.45) is 5.82. The van der Waals surface area contributed by atoms with Crippen molar-refractivity contribution in [1.82, 2.24) is 20.5 Å². The molecule has 1 aliphatic heterocycles. The summed E-state index contributed by atoms with van der Waals surface area (Å²) in [5.74, 6) is -0.139. The number of amides is 1. The quantitative estimate of drug-likeness (QED) is 0.884. The number of pyridine rings is 1. The zero-order valence-electron chi connectivity index (χ0n) is 11.2. The van der Waals surface area contributed by atoms with Crippen LogP contribution in [-0.4, -0.2) is 39.8 Å². The standard InChI is InChI=1S/C14H16N4O2/c1-9-12(4-6-20-9)17-14(19)11-8-16-18-13(11)10-3-2-5-15-7-10/h2-3,5,7-9,12H,4,6H2,1H3,(H,16,18)(H,17,19)/t9-,12-/m1/s1. The minimum absolute atomic E-state index is 0.0488. The first-order valence-corrected chi connectivity index (χ1v) is 6.62. The highest BCUT2D eigenvalue weighted by molar-refractivity contribution is 5.99. The Labute approximate surface area is 116 Å². The largest absolute Gasteiger partial charge is 0.376 e. The molecule has 0 unspecified atom stereocenters. The Balaban J connectivity index is 1.81. The maximum absolute atomic E-state index is 12.4. The van der Waals surface area contributed by atoms with E-state index in [1.807, 2.05) is 19.1 Å². The molecule has 0 aliphatic carbocycles. The molecule has 104 valence electrons. The number of ether oxygens (including phenoxy) is 1. The van der Waals surface area contributed by atoms with Gasteiger partial charge in [-0.3, -0.25) is 14.9 Å². The number of carbonyl (C=O) groups is 1. The Morgan fingerprint density at radius 1 is 1.50 bits per heavy atom. The summed E-state index contributed by atoms with van der Waals surface area (Å²) in [7, 11) is 0. The molecule has 20 heavy (non-hydrogen) atoms. The van der Waals surface area contributed by atoms with Crippen molar-refractivity contribution in [3.05, 3.63) is 36.3 Å². The average molecular weight is 272 g/mol. The number of carbonyl (C=O) groups excluding carboxylic acids is 1. The summed E-state index contributed by atoms with van der Waals surface area (Å²) in [6, 6.07) is 3.77. The van der Waals surface area contributed by atoms with E-state index in [2.05, 4.69) is 20.5 Å². The molecule has 1 aliphatic rings. The van der Waals surface area contributed by atoms with Crippen molar-refractivity contribution in [2.75, 3.05) is 6.61 Å². The number of H-pyrrole nitrogens is 1. The van der Waals surface area contributed by atoms with Gasteiger partial charge in [-0.25, -0.2) is 0 Å². The zero-order chi connectivity index (χ0) is 13.9. The van der Waals surface area contributed by atoms with Gasteiger partial charge in [0, 0.05) is 24.6 Å². The van der Waals surface area contributed by atoms with Gasteiger partial charge >= 0.3 is 0 Å². The molecule has 1 fully saturated rings. The van der Waals surface area contributed by atoms with Crippen LogP contribution in [0.5, 0.6) is 0 Å². The summed E-state index contributed by atoms with van der Waals surface area (Å²) < 4.78 is 5.45. The van der Waals surface area contributed by atoms with Gasteiger partial charge in [0.1, 0.15) is 0 Å². The highest BCUT2D eigenvalue weighted by Crippen LogP contribution is 2.20. The fraction of sp³-hybridized carbons (Fsp3) is 0.357. The third-order valence-corrected chi connectivity index (χ3v) is 3.53. The van der Waals surface area contributed by atoms with E-state index < -0.39 is 0 Å². The number of hydrogen-bond acceptors (Lipinski definition) is 4. The number of rotatable bonds is 3. The summed E-state index contributed by atoms with van der Waals surface area (Å²) in [5, 5.41) is 9.82. The smallest absolute Gasteiger partial charge is 0.255 e. The third-order valence-electron chi connectivity index (χ3n) is 3.53. The van der Waals surface area contributed by atoms with Crippen LogP contribution in [0.2, 0.25) is 0 Å². The molecule has 3 heterocycles. The van der Waals surface area contributed by atoms with Crippen molar-refractivity contribution < 1.29 is 9.53 Å². The highest BCUT2D eigenvalue weighted by atomic mass is 16.5. The Morgan fingerprint density at radius 2 is 2.40 bits per heavy atom. The van der Waals surface area contributed by atoms with Gasteiger partial charge in [-0.1, -0.05) is 0 Å². The summed E-state index contributed by atoms with van der Waals surface area (Å²) in [4.78, 5) is 16.4. The molecule has 0 saturated carbocycles. The first-order chi connectivity index (χ1) is 9.75. The number of nitrogens with one attached hydrogen (secondary N) is 2. The second kappa shape index (κ2) is 5.42. The van der Waals surface area contributed by atoms with Crippen LogP contribution in [-0.2, 0) is 4.74 Å². The van der Waals surface area contributed by atoms with Gasteiger partial charge in [0.2, 0.25) is 0 Å². The molecule has 2 aromatic rings. The molecule has 3 rings (SSSR count). The fourth-order valence-corrected chi connectivity index (χ4v) is 2.36. The number of hydrogen-bond donors (Lipinski definition) is 2. The van der Waals surface area contributed by atoms with E-state index in [1.54, 1.807) is 12.4 Å². The number of aromatic amines is 1. The van der Waals surface area contributed by atoms with Crippen LogP contribution in [0.15, 0.2) is 30.7 Å². The molecule has 6 nitrogen and oxygen atoms in total. The summed E-state index contributed by atoms with van der Waals surface area (Å²) in [5.41, 5.74) is 2.05. The molecular formula is C14H16N4O2. The summed E-state index contributed by atoms with van der Waals surface area (Å²) in [6.45, 7) is 2.66. The van der Waals surface area contributed by atoms with E-state index in [-0.39, 0.29) is 18.1 Å². The topological polar surface area (TPSA) is 79.9 Å². The van der Waals surface area contributed by atoms with E-state index in [9.17, 15) is 4.79 Å². The molecule has 0 spiro atoms. The van der Waals surface area contributed by atoms with Gasteiger partial charge in [0.15, 0.2) is 0 Å². The predicted molar refractivity (Wildman–Crippen MR) is 73.1 cm³/mol. The Bertz CT molecular complexity index is 596. The Morgan fingerprint density at radius 3 is 3.10 bits per heavy atom. The van der Waals surface area contributed by atoms with Crippen molar-refractivity contribution in [2.45, 2.75) is 25.5 Å². The van der Waals surface area contributed by atoms with Crippen LogP contribution in [0.1, 0.15) is 23.7 Å². The van der Waals surface area contributed by atoms with Crippen LogP contribution >= 0.6 is 0 Å². The van der Waals surface area contributed by atoms with Gasteiger partial charge in [-0.15, -0.1) is 0 Å². The highest BCUT2D eigenvalue weighted by Gasteiger charge is 2.27. The van der Waals surface area contributed by atoms with E-state index in [0.29, 0.717) is 17.9 Å². The molecule has 6 heteroatoms. The molecule has 0 aromatic carbocycles. The van der Waals surface area contributed by atoms with E-state index in [1.165, 1.54) is 6.20 Å². The average Bonchev–Trinajstić information content (AvgIpc) is 3.09. The SMILES string of the molecule is C[C@H]1OCC[C@H]1NC(=O)c1cn[nH]c1-c1cccnc1. The predicted octanol–water partition coefficient (Wildman–Crippen LogP) is 1.38. The van der Waals surface area contributed by atoms with Crippen LogP contribution in [0.4, 0.5) is 0 Å². The number of aromatic nitrogens is 3. The third kappa shape index (κ3) is 2.42. The van der Waals surface area contributed by atoms with Crippen molar-refractivity contribution in [1.29, 1.82) is 0 Å². The van der Waals surface area contributed by atoms with E-state index in [4.69, 9.17) is 4.74 Å². The summed E-state index contributed by atoms with van der Waals surface area (Å²) >= 11 is 0. The van der Waals surface area contributed by atoms with Crippen molar-refractivity contribution in [3.63, 3.8) is 0 Å². The molecule has 0 radical (unpaired) electrons. The minimum Gasteiger partial charge on any atom is -0.376 e. The first kappa shape index (κ1) is 12.8. The Hall–Kier alpha value is -2.21. The second-order valence-electron chi connectivity index (χ2n) is 4.84. The second-order valence-corrected chi connectivity index (χ2v) is 4.84. The molecule has 1 amide bonds. The van der Waals surface area contributed by atoms with Crippen LogP contribution in [0.25, 0.3) is 11.3 Å². The molecule has 1 saturated heterocycles. The van der Waals surface area contributed by atoms with Crippen LogP contribution in [0, 0.1) is 0 Å². The lowest BCUT2D eigenvalue weighted by molar-refractivity contribution is 0.0867. The molecule has 0 bridgehead atoms. The lowest BCUT2D eigenvalue weighted by Crippen LogP contribution is -2.39. The minimum atomic E-state index is -0.139. The lowest BCUT2D eigenvalue weighted by atomic mass is 10.1. The maximum Gasteiger partial charge on any atom is 0.255 e. The number of nitrogens with zero attached hydrogens (tertiary/aromatic N) is 2. The van der Waals surface area contributed by atoms with E-state index >= 15 is 0 Å². The van der Waals surface area contributed by atoms with Gasteiger partial charge in [0.25, 0.3) is 5.91 Å². The van der Waals surface area contributed by atoms with Crippen LogP contribution in [0.3, 0.4) is 0 Å². The molecule has 2 atom stereocenters. The van der Waals surface area contributed by atoms with Crippen LogP contribution < -0.4 is 5.32 Å². The van der Waals surface area contributed by atoms with Gasteiger partial charge < -0.3 is 10.1 Å². The fourth-order valence-electron chi connectivity index (χ4n) is 2.36. The lowest BCUT2D eigenvalue weighted by Gasteiger charge is -2.15. The monoisotopic (exact) mass is 272 g/mol. The van der Waals surface area contributed by atoms with E-state index in [0.717, 1.165) is 12.0 Å². The normalized spacial score (nSPS) is 21.9.